The second-order valence-corrected chi connectivity index (χ2v) is 9.54. The second kappa shape index (κ2) is 10.3. The first-order chi connectivity index (χ1) is 15.3. The summed E-state index contributed by atoms with van der Waals surface area (Å²) in [5, 5.41) is 18.8. The van der Waals surface area contributed by atoms with Gasteiger partial charge in [-0.1, -0.05) is 43.7 Å². The van der Waals surface area contributed by atoms with Gasteiger partial charge in [-0.15, -0.1) is 0 Å². The lowest BCUT2D eigenvalue weighted by atomic mass is 10.0. The van der Waals surface area contributed by atoms with E-state index in [1.165, 1.54) is 0 Å². The summed E-state index contributed by atoms with van der Waals surface area (Å²) in [5.74, 6) is -0.902. The molecule has 10 heteroatoms. The maximum absolute atomic E-state index is 13.2. The Morgan fingerprint density at radius 1 is 1.25 bits per heavy atom. The number of pyridine rings is 1. The molecule has 0 spiro atoms. The second-order valence-electron chi connectivity index (χ2n) is 7.87. The van der Waals surface area contributed by atoms with Crippen LogP contribution < -0.4 is 10.5 Å². The quantitative estimate of drug-likeness (QED) is 0.495. The molecule has 0 aliphatic carbocycles. The lowest BCUT2D eigenvalue weighted by Gasteiger charge is -2.29. The number of anilines is 1. The number of carbonyl (C=O) groups is 2. The summed E-state index contributed by atoms with van der Waals surface area (Å²) in [5.41, 5.74) is 0.908. The SMILES string of the molecule is CCCn1c(N2CCCCCC2)c(/C=C2\SC(=S)N(CC(=O)O)C2=O)c(C)c(C#N)c1=O. The molecule has 1 aromatic heterocycles. The van der Waals surface area contributed by atoms with Gasteiger partial charge in [-0.25, -0.2) is 0 Å². The highest BCUT2D eigenvalue weighted by atomic mass is 32.2. The van der Waals surface area contributed by atoms with Gasteiger partial charge in [0.15, 0.2) is 0 Å². The van der Waals surface area contributed by atoms with Crippen LogP contribution in [0.1, 0.15) is 55.7 Å². The molecule has 170 valence electrons. The molecule has 2 aliphatic heterocycles. The highest BCUT2D eigenvalue weighted by Gasteiger charge is 2.34. The van der Waals surface area contributed by atoms with Crippen LogP contribution in [0.25, 0.3) is 6.08 Å². The van der Waals surface area contributed by atoms with Crippen LogP contribution in [0.4, 0.5) is 5.82 Å². The van der Waals surface area contributed by atoms with Gasteiger partial charge in [0, 0.05) is 25.2 Å². The molecule has 8 nitrogen and oxygen atoms in total. The number of carboxylic acids is 1. The zero-order valence-corrected chi connectivity index (χ0v) is 19.9. The molecule has 1 amide bonds. The fourth-order valence-corrected chi connectivity index (χ4v) is 5.34. The number of aromatic nitrogens is 1. The van der Waals surface area contributed by atoms with Crippen LogP contribution in [0, 0.1) is 18.3 Å². The minimum Gasteiger partial charge on any atom is -0.480 e. The molecule has 0 saturated carbocycles. The minimum absolute atomic E-state index is 0.0595. The molecule has 2 saturated heterocycles. The third kappa shape index (κ3) is 4.74. The summed E-state index contributed by atoms with van der Waals surface area (Å²) in [6.45, 7) is 5.23. The summed E-state index contributed by atoms with van der Waals surface area (Å²) in [7, 11) is 0. The number of hydrogen-bond donors (Lipinski definition) is 1. The first-order valence-corrected chi connectivity index (χ1v) is 11.9. The van der Waals surface area contributed by atoms with Crippen molar-refractivity contribution < 1.29 is 14.7 Å². The number of thiocarbonyl (C=S) groups is 1. The standard InChI is InChI=1S/C22H26N4O4S2/c1-3-8-25-19(24-9-6-4-5-7-10-24)15(14(2)16(12-23)20(25)29)11-17-21(30)26(13-18(27)28)22(31)32-17/h11H,3-10,13H2,1-2H3,(H,27,28)/b17-11-. The van der Waals surface area contributed by atoms with Crippen LogP contribution in [-0.4, -0.2) is 50.4 Å². The predicted octanol–water partition coefficient (Wildman–Crippen LogP) is 3.10. The Kier molecular flexibility index (Phi) is 7.74. The molecule has 0 radical (unpaired) electrons. The Morgan fingerprint density at radius 2 is 1.91 bits per heavy atom. The monoisotopic (exact) mass is 474 g/mol. The molecule has 3 heterocycles. The summed E-state index contributed by atoms with van der Waals surface area (Å²) in [6.07, 6.45) is 6.62. The van der Waals surface area contributed by atoms with Crippen molar-refractivity contribution in [1.82, 2.24) is 9.47 Å². The maximum Gasteiger partial charge on any atom is 0.323 e. The van der Waals surface area contributed by atoms with E-state index in [0.717, 1.165) is 67.7 Å². The van der Waals surface area contributed by atoms with Gasteiger partial charge in [-0.05, 0) is 37.8 Å². The van der Waals surface area contributed by atoms with Crippen molar-refractivity contribution in [1.29, 1.82) is 5.26 Å². The average molecular weight is 475 g/mol. The summed E-state index contributed by atoms with van der Waals surface area (Å²) in [6, 6.07) is 2.04. The van der Waals surface area contributed by atoms with Gasteiger partial charge in [0.25, 0.3) is 11.5 Å². The number of amides is 1. The first-order valence-electron chi connectivity index (χ1n) is 10.7. The van der Waals surface area contributed by atoms with Crippen molar-refractivity contribution in [3.63, 3.8) is 0 Å². The number of carboxylic acid groups (broad SMARTS) is 1. The van der Waals surface area contributed by atoms with E-state index in [2.05, 4.69) is 4.90 Å². The Morgan fingerprint density at radius 3 is 2.47 bits per heavy atom. The van der Waals surface area contributed by atoms with E-state index in [0.29, 0.717) is 22.6 Å². The number of rotatable bonds is 6. The zero-order chi connectivity index (χ0) is 23.4. The van der Waals surface area contributed by atoms with Crippen LogP contribution >= 0.6 is 24.0 Å². The Bertz CT molecular complexity index is 1080. The molecule has 2 aliphatic rings. The van der Waals surface area contributed by atoms with E-state index in [1.54, 1.807) is 17.6 Å². The Hall–Kier alpha value is -2.64. The van der Waals surface area contributed by atoms with Crippen molar-refractivity contribution in [3.8, 4) is 6.07 Å². The van der Waals surface area contributed by atoms with Crippen LogP contribution in [0.3, 0.4) is 0 Å². The van der Waals surface area contributed by atoms with Crippen molar-refractivity contribution in [2.75, 3.05) is 24.5 Å². The van der Waals surface area contributed by atoms with Gasteiger partial charge in [-0.3, -0.25) is 23.9 Å². The summed E-state index contributed by atoms with van der Waals surface area (Å²) in [4.78, 5) is 40.7. The molecule has 3 rings (SSSR count). The Labute approximate surface area is 196 Å². The maximum atomic E-state index is 13.2. The minimum atomic E-state index is -1.15. The predicted molar refractivity (Wildman–Crippen MR) is 129 cm³/mol. The van der Waals surface area contributed by atoms with Gasteiger partial charge >= 0.3 is 5.97 Å². The molecule has 0 bridgehead atoms. The molecular weight excluding hydrogens is 448 g/mol. The number of thioether (sulfide) groups is 1. The highest BCUT2D eigenvalue weighted by molar-refractivity contribution is 8.26. The van der Waals surface area contributed by atoms with E-state index >= 15 is 0 Å². The van der Waals surface area contributed by atoms with Crippen molar-refractivity contribution in [2.45, 2.75) is 52.5 Å². The van der Waals surface area contributed by atoms with Crippen LogP contribution in [0.2, 0.25) is 0 Å². The number of nitrogens with zero attached hydrogens (tertiary/aromatic N) is 4. The molecule has 2 fully saturated rings. The lowest BCUT2D eigenvalue weighted by Crippen LogP contribution is -2.35. The Balaban J connectivity index is 2.23. The molecule has 0 aromatic carbocycles. The van der Waals surface area contributed by atoms with E-state index in [9.17, 15) is 19.6 Å². The smallest absolute Gasteiger partial charge is 0.323 e. The van der Waals surface area contributed by atoms with Gasteiger partial charge < -0.3 is 10.0 Å². The molecule has 0 atom stereocenters. The highest BCUT2D eigenvalue weighted by Crippen LogP contribution is 2.36. The number of aliphatic carboxylic acids is 1. The van der Waals surface area contributed by atoms with Gasteiger partial charge in [0.05, 0.1) is 4.91 Å². The molecule has 32 heavy (non-hydrogen) atoms. The number of carbonyl (C=O) groups excluding carboxylic acids is 1. The summed E-state index contributed by atoms with van der Waals surface area (Å²) >= 11 is 6.26. The van der Waals surface area contributed by atoms with E-state index in [-0.39, 0.29) is 15.4 Å². The van der Waals surface area contributed by atoms with E-state index in [1.807, 2.05) is 13.0 Å². The lowest BCUT2D eigenvalue weighted by molar-refractivity contribution is -0.140. The van der Waals surface area contributed by atoms with Crippen molar-refractivity contribution >= 4 is 52.1 Å². The molecule has 1 aromatic rings. The number of nitriles is 1. The first kappa shape index (κ1) is 24.0. The molecular formula is C22H26N4O4S2. The molecule has 0 unspecified atom stereocenters. The zero-order valence-electron chi connectivity index (χ0n) is 18.2. The van der Waals surface area contributed by atoms with Gasteiger partial charge in [0.2, 0.25) is 0 Å². The fourth-order valence-electron chi connectivity index (χ4n) is 4.10. The van der Waals surface area contributed by atoms with Crippen molar-refractivity contribution in [2.24, 2.45) is 0 Å². The normalized spacial score (nSPS) is 18.2. The molecule has 1 N–H and O–H groups in total. The van der Waals surface area contributed by atoms with Gasteiger partial charge in [0.1, 0.15) is 28.3 Å². The topological polar surface area (TPSA) is 107 Å². The van der Waals surface area contributed by atoms with E-state index < -0.39 is 18.4 Å². The third-order valence-corrected chi connectivity index (χ3v) is 7.02. The third-order valence-electron chi connectivity index (χ3n) is 5.64. The van der Waals surface area contributed by atoms with Crippen LogP contribution in [-0.2, 0) is 16.1 Å². The van der Waals surface area contributed by atoms with Crippen molar-refractivity contribution in [3.05, 3.63) is 31.9 Å². The van der Waals surface area contributed by atoms with Crippen LogP contribution in [0.15, 0.2) is 9.70 Å². The number of hydrogen-bond acceptors (Lipinski definition) is 7. The fraction of sp³-hybridized carbons (Fsp3) is 0.500. The largest absolute Gasteiger partial charge is 0.480 e. The van der Waals surface area contributed by atoms with Gasteiger partial charge in [-0.2, -0.15) is 5.26 Å². The summed E-state index contributed by atoms with van der Waals surface area (Å²) < 4.78 is 1.83. The van der Waals surface area contributed by atoms with E-state index in [4.69, 9.17) is 17.3 Å². The van der Waals surface area contributed by atoms with Crippen LogP contribution in [0.5, 0.6) is 0 Å². The average Bonchev–Trinajstić information content (AvgIpc) is 2.94.